The number of benzene rings is 2. The molecule has 0 aliphatic heterocycles. The molecule has 0 atom stereocenters. The van der Waals surface area contributed by atoms with Crippen molar-refractivity contribution in [1.29, 1.82) is 0 Å². The first-order valence-corrected chi connectivity index (χ1v) is 11.2. The SMILES string of the molecule is [B]Cc1cc(C(=O)OC(CS(=O)(=O)O)(C(F)(F)F)C(F)(F)F)ccc1NC(=O)OCc1ccccc1. The highest BCUT2D eigenvalue weighted by molar-refractivity contribution is 7.85. The Hall–Kier alpha value is -3.27. The number of ether oxygens (including phenoxy) is 2. The van der Waals surface area contributed by atoms with Gasteiger partial charge in [-0.1, -0.05) is 36.7 Å². The first kappa shape index (κ1) is 29.0. The zero-order valence-corrected chi connectivity index (χ0v) is 18.7. The van der Waals surface area contributed by atoms with Crippen LogP contribution in [0.4, 0.5) is 36.8 Å². The largest absolute Gasteiger partial charge is 0.444 e. The van der Waals surface area contributed by atoms with Crippen LogP contribution >= 0.6 is 0 Å². The molecule has 2 N–H and O–H groups in total. The summed E-state index contributed by atoms with van der Waals surface area (Å²) in [5, 5.41) is 2.26. The van der Waals surface area contributed by atoms with E-state index in [1.807, 2.05) is 0 Å². The Morgan fingerprint density at radius 3 is 2.06 bits per heavy atom. The lowest BCUT2D eigenvalue weighted by Crippen LogP contribution is -2.63. The monoisotopic (exact) mass is 539 g/mol. The zero-order chi connectivity index (χ0) is 27.4. The second-order valence-electron chi connectivity index (χ2n) is 7.20. The summed E-state index contributed by atoms with van der Waals surface area (Å²) in [5.74, 6) is -5.24. The fourth-order valence-corrected chi connectivity index (χ4v) is 3.72. The van der Waals surface area contributed by atoms with Crippen molar-refractivity contribution >= 4 is 35.7 Å². The molecule has 194 valence electrons. The maximum Gasteiger partial charge on any atom is 0.438 e. The molecule has 1 amide bonds. The third-order valence-electron chi connectivity index (χ3n) is 4.58. The smallest absolute Gasteiger partial charge is 0.438 e. The maximum atomic E-state index is 13.4. The molecule has 2 radical (unpaired) electrons. The van der Waals surface area contributed by atoms with E-state index >= 15 is 0 Å². The summed E-state index contributed by atoms with van der Waals surface area (Å²) in [6, 6.07) is 10.9. The summed E-state index contributed by atoms with van der Waals surface area (Å²) < 4.78 is 119. The van der Waals surface area contributed by atoms with Crippen LogP contribution in [-0.2, 0) is 32.5 Å². The molecule has 0 unspecified atom stereocenters. The van der Waals surface area contributed by atoms with Gasteiger partial charge >= 0.3 is 30.0 Å². The van der Waals surface area contributed by atoms with Gasteiger partial charge in [-0.2, -0.15) is 34.8 Å². The predicted octanol–water partition coefficient (Wildman–Crippen LogP) is 4.01. The predicted molar refractivity (Wildman–Crippen MR) is 113 cm³/mol. The van der Waals surface area contributed by atoms with Crippen molar-refractivity contribution in [2.45, 2.75) is 30.9 Å². The van der Waals surface area contributed by atoms with E-state index in [1.54, 1.807) is 30.3 Å². The van der Waals surface area contributed by atoms with E-state index in [2.05, 4.69) is 10.1 Å². The molecule has 16 heteroatoms. The molecule has 0 aromatic heterocycles. The third-order valence-corrected chi connectivity index (χ3v) is 5.35. The number of hydrogen-bond acceptors (Lipinski definition) is 6. The summed E-state index contributed by atoms with van der Waals surface area (Å²) in [7, 11) is -0.440. The molecule has 0 saturated carbocycles. The molecule has 2 aromatic carbocycles. The highest BCUT2D eigenvalue weighted by Crippen LogP contribution is 2.47. The Bertz CT molecular complexity index is 1190. The van der Waals surface area contributed by atoms with Gasteiger partial charge < -0.3 is 9.47 Å². The van der Waals surface area contributed by atoms with Crippen LogP contribution in [0.15, 0.2) is 48.5 Å². The summed E-state index contributed by atoms with van der Waals surface area (Å²) in [4.78, 5) is 24.3. The second kappa shape index (κ2) is 10.8. The van der Waals surface area contributed by atoms with E-state index in [0.29, 0.717) is 11.6 Å². The number of carbonyl (C=O) groups is 2. The molecule has 0 aliphatic rings. The number of rotatable bonds is 8. The molecule has 0 saturated heterocycles. The van der Waals surface area contributed by atoms with E-state index < -0.39 is 57.8 Å². The van der Waals surface area contributed by atoms with Crippen molar-refractivity contribution in [3.05, 3.63) is 65.2 Å². The van der Waals surface area contributed by atoms with E-state index in [1.165, 1.54) is 0 Å². The van der Waals surface area contributed by atoms with Gasteiger partial charge in [-0.25, -0.2) is 9.59 Å². The molecule has 0 heterocycles. The average Bonchev–Trinajstić information content (AvgIpc) is 2.75. The van der Waals surface area contributed by atoms with Crippen molar-refractivity contribution in [3.8, 4) is 0 Å². The number of nitrogens with one attached hydrogen (secondary N) is 1. The van der Waals surface area contributed by atoms with Crippen molar-refractivity contribution in [3.63, 3.8) is 0 Å². The highest BCUT2D eigenvalue weighted by atomic mass is 32.2. The molecular formula is C20H16BF6NO7S. The van der Waals surface area contributed by atoms with Crippen molar-refractivity contribution in [2.24, 2.45) is 0 Å². The molecule has 8 nitrogen and oxygen atoms in total. The van der Waals surface area contributed by atoms with Crippen LogP contribution in [0.3, 0.4) is 0 Å². The fourth-order valence-electron chi connectivity index (χ4n) is 2.82. The molecule has 2 rings (SSSR count). The lowest BCUT2D eigenvalue weighted by atomic mass is 9.94. The third kappa shape index (κ3) is 7.13. The maximum absolute atomic E-state index is 13.4. The standard InChI is InChI=1S/C20H16BF6NO7S/c21-9-14-8-13(6-7-15(14)28-17(30)34-10-12-4-2-1-3-5-12)16(29)35-18(19(22,23)24,20(25,26)27)11-36(31,32)33/h1-8H,9-11H2,(H,28,30)(H,31,32,33). The topological polar surface area (TPSA) is 119 Å². The minimum atomic E-state index is -6.47. The Balaban J connectivity index is 2.29. The van der Waals surface area contributed by atoms with Crippen LogP contribution in [0.1, 0.15) is 21.5 Å². The van der Waals surface area contributed by atoms with Gasteiger partial charge in [0.05, 0.1) is 13.4 Å². The molecule has 2 aromatic rings. The molecular weight excluding hydrogens is 523 g/mol. The minimum absolute atomic E-state index is 0.0806. The quantitative estimate of drug-likeness (QED) is 0.225. The Labute approximate surface area is 201 Å². The highest BCUT2D eigenvalue weighted by Gasteiger charge is 2.76. The van der Waals surface area contributed by atoms with Crippen LogP contribution in [-0.4, -0.2) is 56.6 Å². The van der Waals surface area contributed by atoms with E-state index in [-0.39, 0.29) is 17.9 Å². The summed E-state index contributed by atoms with van der Waals surface area (Å²) in [6.07, 6.45) is -14.4. The lowest BCUT2D eigenvalue weighted by molar-refractivity contribution is -0.356. The molecule has 0 aliphatic carbocycles. The number of halogens is 6. The van der Waals surface area contributed by atoms with Crippen LogP contribution in [0.2, 0.25) is 0 Å². The average molecular weight is 539 g/mol. The second-order valence-corrected chi connectivity index (χ2v) is 8.65. The van der Waals surface area contributed by atoms with Crippen molar-refractivity contribution < 1.29 is 58.4 Å². The van der Waals surface area contributed by atoms with Gasteiger partial charge in [0, 0.05) is 5.69 Å². The van der Waals surface area contributed by atoms with Gasteiger partial charge in [0.2, 0.25) is 0 Å². The van der Waals surface area contributed by atoms with Gasteiger partial charge in [-0.05, 0) is 29.3 Å². The normalized spacial score (nSPS) is 12.6. The minimum Gasteiger partial charge on any atom is -0.444 e. The fraction of sp³-hybridized carbons (Fsp3) is 0.300. The number of anilines is 1. The van der Waals surface area contributed by atoms with Gasteiger partial charge in [0.1, 0.15) is 12.4 Å². The first-order chi connectivity index (χ1) is 16.5. The van der Waals surface area contributed by atoms with E-state index in [9.17, 15) is 44.3 Å². The first-order valence-electron chi connectivity index (χ1n) is 9.62. The van der Waals surface area contributed by atoms with Crippen LogP contribution in [0, 0.1) is 0 Å². The van der Waals surface area contributed by atoms with E-state index in [0.717, 1.165) is 12.1 Å². The summed E-state index contributed by atoms with van der Waals surface area (Å²) >= 11 is 0. The Morgan fingerprint density at radius 1 is 0.972 bits per heavy atom. The van der Waals surface area contributed by atoms with Crippen LogP contribution < -0.4 is 5.32 Å². The summed E-state index contributed by atoms with van der Waals surface area (Å²) in [5.41, 5.74) is -5.99. The molecule has 0 fully saturated rings. The number of alkyl halides is 6. The Morgan fingerprint density at radius 2 is 1.56 bits per heavy atom. The van der Waals surface area contributed by atoms with Crippen LogP contribution in [0.25, 0.3) is 0 Å². The molecule has 0 bridgehead atoms. The van der Waals surface area contributed by atoms with Gasteiger partial charge in [0.15, 0.2) is 0 Å². The van der Waals surface area contributed by atoms with Crippen molar-refractivity contribution in [1.82, 2.24) is 0 Å². The van der Waals surface area contributed by atoms with Crippen molar-refractivity contribution in [2.75, 3.05) is 11.1 Å². The van der Waals surface area contributed by atoms with Gasteiger partial charge in [-0.3, -0.25) is 9.87 Å². The number of carbonyl (C=O) groups excluding carboxylic acids is 2. The number of esters is 1. The lowest BCUT2D eigenvalue weighted by Gasteiger charge is -2.35. The molecule has 36 heavy (non-hydrogen) atoms. The van der Waals surface area contributed by atoms with Crippen LogP contribution in [0.5, 0.6) is 0 Å². The summed E-state index contributed by atoms with van der Waals surface area (Å²) in [6.45, 7) is -0.125. The molecule has 0 spiro atoms. The van der Waals surface area contributed by atoms with Gasteiger partial charge in [0.25, 0.3) is 10.1 Å². The van der Waals surface area contributed by atoms with Gasteiger partial charge in [-0.15, -0.1) is 0 Å². The Kier molecular flexibility index (Phi) is 8.67. The van der Waals surface area contributed by atoms with E-state index in [4.69, 9.17) is 17.1 Å². The zero-order valence-electron chi connectivity index (χ0n) is 17.9. The number of hydrogen-bond donors (Lipinski definition) is 2. The number of amides is 1.